The molecule has 20 heavy (non-hydrogen) atoms. The highest BCUT2D eigenvalue weighted by molar-refractivity contribution is 6.43. The number of anilines is 4. The zero-order valence-corrected chi connectivity index (χ0v) is 12.4. The first-order chi connectivity index (χ1) is 9.51. The molecular formula is C11H13Cl2N7. The SMILES string of the molecule is CN(C)c1nc(NN)nc(Nc2cccc(Cl)c2Cl)n1. The normalized spacial score (nSPS) is 10.2. The van der Waals surface area contributed by atoms with Gasteiger partial charge in [0, 0.05) is 14.1 Å². The summed E-state index contributed by atoms with van der Waals surface area (Å²) < 4.78 is 0. The molecule has 0 aliphatic carbocycles. The Morgan fingerprint density at radius 1 is 1.10 bits per heavy atom. The van der Waals surface area contributed by atoms with E-state index in [1.165, 1.54) is 0 Å². The third-order valence-corrected chi connectivity index (χ3v) is 3.17. The van der Waals surface area contributed by atoms with Gasteiger partial charge in [-0.05, 0) is 12.1 Å². The Morgan fingerprint density at radius 3 is 2.45 bits per heavy atom. The monoisotopic (exact) mass is 313 g/mol. The number of halogens is 2. The van der Waals surface area contributed by atoms with E-state index >= 15 is 0 Å². The molecule has 2 rings (SSSR count). The topological polar surface area (TPSA) is 92.0 Å². The van der Waals surface area contributed by atoms with Gasteiger partial charge in [0.15, 0.2) is 0 Å². The zero-order valence-electron chi connectivity index (χ0n) is 10.9. The first-order valence-corrected chi connectivity index (χ1v) is 6.38. The number of rotatable bonds is 4. The minimum absolute atomic E-state index is 0.240. The van der Waals surface area contributed by atoms with Crippen LogP contribution in [0.25, 0.3) is 0 Å². The summed E-state index contributed by atoms with van der Waals surface area (Å²) in [5.41, 5.74) is 2.98. The molecule has 0 aliphatic rings. The highest BCUT2D eigenvalue weighted by atomic mass is 35.5. The Hall–Kier alpha value is -1.83. The van der Waals surface area contributed by atoms with Crippen molar-refractivity contribution < 1.29 is 0 Å². The number of nitrogens with one attached hydrogen (secondary N) is 2. The lowest BCUT2D eigenvalue weighted by Crippen LogP contribution is -2.18. The van der Waals surface area contributed by atoms with Gasteiger partial charge in [-0.15, -0.1) is 0 Å². The Labute approximate surface area is 126 Å². The number of benzene rings is 1. The van der Waals surface area contributed by atoms with Crippen molar-refractivity contribution in [2.24, 2.45) is 5.84 Å². The Kier molecular flexibility index (Phi) is 4.43. The van der Waals surface area contributed by atoms with E-state index in [9.17, 15) is 0 Å². The van der Waals surface area contributed by atoms with Crippen LogP contribution in [0.5, 0.6) is 0 Å². The van der Waals surface area contributed by atoms with Crippen molar-refractivity contribution in [3.8, 4) is 0 Å². The van der Waals surface area contributed by atoms with Crippen LogP contribution in [0.3, 0.4) is 0 Å². The molecule has 1 aromatic heterocycles. The van der Waals surface area contributed by atoms with Gasteiger partial charge < -0.3 is 10.2 Å². The molecule has 0 radical (unpaired) electrons. The number of nitrogen functional groups attached to an aromatic ring is 1. The van der Waals surface area contributed by atoms with E-state index in [4.69, 9.17) is 29.0 Å². The molecule has 0 fully saturated rings. The van der Waals surface area contributed by atoms with Crippen molar-refractivity contribution in [3.05, 3.63) is 28.2 Å². The third kappa shape index (κ3) is 3.19. The van der Waals surface area contributed by atoms with Crippen LogP contribution in [-0.4, -0.2) is 29.0 Å². The van der Waals surface area contributed by atoms with Crippen molar-refractivity contribution in [2.45, 2.75) is 0 Å². The number of nitrogens with zero attached hydrogens (tertiary/aromatic N) is 4. The molecule has 1 heterocycles. The molecule has 4 N–H and O–H groups in total. The molecule has 2 aromatic rings. The maximum absolute atomic E-state index is 6.10. The van der Waals surface area contributed by atoms with Crippen LogP contribution >= 0.6 is 23.2 Å². The lowest BCUT2D eigenvalue weighted by atomic mass is 10.3. The van der Waals surface area contributed by atoms with Crippen molar-refractivity contribution in [3.63, 3.8) is 0 Å². The van der Waals surface area contributed by atoms with Crippen LogP contribution in [0, 0.1) is 0 Å². The van der Waals surface area contributed by atoms with Crippen molar-refractivity contribution in [1.29, 1.82) is 0 Å². The van der Waals surface area contributed by atoms with Crippen LogP contribution in [-0.2, 0) is 0 Å². The molecule has 0 spiro atoms. The molecular weight excluding hydrogens is 301 g/mol. The number of hydrogen-bond acceptors (Lipinski definition) is 7. The summed E-state index contributed by atoms with van der Waals surface area (Å²) >= 11 is 12.1. The fourth-order valence-corrected chi connectivity index (χ4v) is 1.75. The maximum atomic E-state index is 6.10. The van der Waals surface area contributed by atoms with Crippen molar-refractivity contribution in [2.75, 3.05) is 29.7 Å². The molecule has 0 bridgehead atoms. The van der Waals surface area contributed by atoms with Crippen LogP contribution in [0.4, 0.5) is 23.5 Å². The molecule has 0 saturated carbocycles. The minimum Gasteiger partial charge on any atom is -0.347 e. The smallest absolute Gasteiger partial charge is 0.243 e. The lowest BCUT2D eigenvalue weighted by molar-refractivity contribution is 0.957. The van der Waals surface area contributed by atoms with Crippen LogP contribution in [0.1, 0.15) is 0 Å². The molecule has 0 atom stereocenters. The first-order valence-electron chi connectivity index (χ1n) is 5.62. The highest BCUT2D eigenvalue weighted by Gasteiger charge is 2.10. The number of hydrazine groups is 1. The first kappa shape index (κ1) is 14.6. The van der Waals surface area contributed by atoms with E-state index in [-0.39, 0.29) is 5.95 Å². The second-order valence-electron chi connectivity index (χ2n) is 4.05. The molecule has 0 aliphatic heterocycles. The van der Waals surface area contributed by atoms with Gasteiger partial charge in [-0.1, -0.05) is 29.3 Å². The van der Waals surface area contributed by atoms with E-state index in [0.717, 1.165) is 0 Å². The van der Waals surface area contributed by atoms with E-state index in [2.05, 4.69) is 25.7 Å². The number of aromatic nitrogens is 3. The lowest BCUT2D eigenvalue weighted by Gasteiger charge is -2.13. The summed E-state index contributed by atoms with van der Waals surface area (Å²) in [6.07, 6.45) is 0. The van der Waals surface area contributed by atoms with Crippen molar-refractivity contribution >= 4 is 46.7 Å². The summed E-state index contributed by atoms with van der Waals surface area (Å²) in [5, 5.41) is 3.81. The Morgan fingerprint density at radius 2 is 1.80 bits per heavy atom. The van der Waals surface area contributed by atoms with Crippen LogP contribution < -0.4 is 21.5 Å². The fraction of sp³-hybridized carbons (Fsp3) is 0.182. The standard InChI is InChI=1S/C11H13Cl2N7/c1-20(2)11-17-9(16-10(18-11)19-14)15-7-5-3-4-6(12)8(7)13/h3-5H,14H2,1-2H3,(H2,15,16,17,18,19). The van der Waals surface area contributed by atoms with Gasteiger partial charge in [0.2, 0.25) is 17.8 Å². The quantitative estimate of drug-likeness (QED) is 0.589. The third-order valence-electron chi connectivity index (χ3n) is 2.35. The fourth-order valence-electron chi connectivity index (χ4n) is 1.41. The van der Waals surface area contributed by atoms with Gasteiger partial charge >= 0.3 is 0 Å². The predicted molar refractivity (Wildman–Crippen MR) is 81.7 cm³/mol. The van der Waals surface area contributed by atoms with Crippen LogP contribution in [0.15, 0.2) is 18.2 Å². The average molecular weight is 314 g/mol. The Bertz CT molecular complexity index is 618. The zero-order chi connectivity index (χ0) is 14.7. The highest BCUT2D eigenvalue weighted by Crippen LogP contribution is 2.31. The van der Waals surface area contributed by atoms with E-state index < -0.39 is 0 Å². The summed E-state index contributed by atoms with van der Waals surface area (Å²) in [6.45, 7) is 0. The summed E-state index contributed by atoms with van der Waals surface area (Å²) in [7, 11) is 3.62. The van der Waals surface area contributed by atoms with E-state index in [1.807, 2.05) is 14.1 Å². The molecule has 7 nitrogen and oxygen atoms in total. The summed E-state index contributed by atoms with van der Waals surface area (Å²) in [5.74, 6) is 6.34. The second kappa shape index (κ2) is 6.08. The van der Waals surface area contributed by atoms with Gasteiger partial charge in [0.1, 0.15) is 0 Å². The molecule has 9 heteroatoms. The van der Waals surface area contributed by atoms with Gasteiger partial charge in [-0.25, -0.2) is 5.84 Å². The largest absolute Gasteiger partial charge is 0.347 e. The molecule has 0 saturated heterocycles. The van der Waals surface area contributed by atoms with E-state index in [0.29, 0.717) is 27.6 Å². The molecule has 1 aromatic carbocycles. The minimum atomic E-state index is 0.240. The number of hydrogen-bond donors (Lipinski definition) is 3. The van der Waals surface area contributed by atoms with Gasteiger partial charge in [-0.3, -0.25) is 5.43 Å². The van der Waals surface area contributed by atoms with Crippen LogP contribution in [0.2, 0.25) is 10.0 Å². The summed E-state index contributed by atoms with van der Waals surface area (Å²) in [4.78, 5) is 14.2. The Balaban J connectivity index is 2.37. The van der Waals surface area contributed by atoms with Crippen molar-refractivity contribution in [1.82, 2.24) is 15.0 Å². The molecule has 106 valence electrons. The van der Waals surface area contributed by atoms with Gasteiger partial charge in [0.05, 0.1) is 15.7 Å². The van der Waals surface area contributed by atoms with Gasteiger partial charge in [0.25, 0.3) is 0 Å². The molecule has 0 amide bonds. The maximum Gasteiger partial charge on any atom is 0.243 e. The molecule has 0 unspecified atom stereocenters. The number of nitrogens with two attached hydrogens (primary N) is 1. The average Bonchev–Trinajstić information content (AvgIpc) is 2.43. The van der Waals surface area contributed by atoms with E-state index in [1.54, 1.807) is 23.1 Å². The van der Waals surface area contributed by atoms with Gasteiger partial charge in [-0.2, -0.15) is 15.0 Å². The second-order valence-corrected chi connectivity index (χ2v) is 4.83. The predicted octanol–water partition coefficient (Wildman–Crippen LogP) is 2.27. The summed E-state index contributed by atoms with van der Waals surface area (Å²) in [6, 6.07) is 5.23.